The topological polar surface area (TPSA) is 93.4 Å². The third kappa shape index (κ3) is 2.88. The van der Waals surface area contributed by atoms with E-state index in [1.807, 2.05) is 13.8 Å². The molecule has 0 saturated carbocycles. The second-order valence-electron chi connectivity index (χ2n) is 4.54. The first kappa shape index (κ1) is 13.4. The lowest BCUT2D eigenvalue weighted by Gasteiger charge is -2.12. The van der Waals surface area contributed by atoms with E-state index in [4.69, 9.17) is 5.14 Å². The summed E-state index contributed by atoms with van der Waals surface area (Å²) in [6.07, 6.45) is 0.216. The first-order valence-corrected chi connectivity index (χ1v) is 8.04. The van der Waals surface area contributed by atoms with Gasteiger partial charge in [-0.1, -0.05) is 0 Å². The number of nitrogens with two attached hydrogens (primary N) is 1. The van der Waals surface area contributed by atoms with Gasteiger partial charge in [0.25, 0.3) is 0 Å². The van der Waals surface area contributed by atoms with Crippen molar-refractivity contribution in [2.45, 2.75) is 20.3 Å². The number of sulfonamides is 1. The zero-order chi connectivity index (χ0) is 13.5. The van der Waals surface area contributed by atoms with E-state index in [1.54, 1.807) is 4.90 Å². The fraction of sp³-hybridized carbons (Fsp3) is 0.600. The summed E-state index contributed by atoms with van der Waals surface area (Å²) in [7, 11) is -3.54. The highest BCUT2D eigenvalue weighted by molar-refractivity contribution is 7.89. The zero-order valence-corrected chi connectivity index (χ0v) is 11.8. The lowest BCUT2D eigenvalue weighted by molar-refractivity contribution is -0.117. The van der Waals surface area contributed by atoms with Gasteiger partial charge in [-0.15, -0.1) is 11.3 Å². The third-order valence-electron chi connectivity index (χ3n) is 2.92. The molecular formula is C10H15N3O3S2. The SMILES string of the molecule is Cc1nc(N2CC(CS(N)(=O)=O)CC2=O)sc1C. The van der Waals surface area contributed by atoms with Gasteiger partial charge in [0.05, 0.1) is 11.4 Å². The van der Waals surface area contributed by atoms with E-state index in [2.05, 4.69) is 4.98 Å². The Bertz CT molecular complexity index is 560. The average Bonchev–Trinajstić information content (AvgIpc) is 2.69. The van der Waals surface area contributed by atoms with Gasteiger partial charge in [-0.25, -0.2) is 18.5 Å². The van der Waals surface area contributed by atoms with E-state index < -0.39 is 10.0 Å². The summed E-state index contributed by atoms with van der Waals surface area (Å²) in [5.74, 6) is -0.479. The number of aryl methyl sites for hydroxylation is 2. The van der Waals surface area contributed by atoms with Crippen LogP contribution in [0.5, 0.6) is 0 Å². The van der Waals surface area contributed by atoms with Gasteiger partial charge < -0.3 is 0 Å². The van der Waals surface area contributed by atoms with Gasteiger partial charge in [-0.3, -0.25) is 9.69 Å². The van der Waals surface area contributed by atoms with Crippen LogP contribution in [-0.2, 0) is 14.8 Å². The minimum atomic E-state index is -3.54. The van der Waals surface area contributed by atoms with Crippen LogP contribution >= 0.6 is 11.3 Å². The van der Waals surface area contributed by atoms with E-state index in [0.29, 0.717) is 11.7 Å². The molecule has 1 fully saturated rings. The van der Waals surface area contributed by atoms with Gasteiger partial charge >= 0.3 is 0 Å². The van der Waals surface area contributed by atoms with Gasteiger partial charge in [0.2, 0.25) is 15.9 Å². The number of carbonyl (C=O) groups is 1. The van der Waals surface area contributed by atoms with E-state index in [-0.39, 0.29) is 24.0 Å². The number of rotatable bonds is 3. The summed E-state index contributed by atoms with van der Waals surface area (Å²) in [5.41, 5.74) is 0.901. The monoisotopic (exact) mass is 289 g/mol. The van der Waals surface area contributed by atoms with Crippen LogP contribution in [0.25, 0.3) is 0 Å². The molecule has 0 aliphatic carbocycles. The van der Waals surface area contributed by atoms with Crippen LogP contribution in [0, 0.1) is 19.8 Å². The number of hydrogen-bond donors (Lipinski definition) is 1. The standard InChI is InChI=1S/C10H15N3O3S2/c1-6-7(2)17-10(12-6)13-4-8(3-9(13)14)5-18(11,15)16/h8H,3-5H2,1-2H3,(H2,11,15,16). The van der Waals surface area contributed by atoms with Gasteiger partial charge in [-0.05, 0) is 13.8 Å². The van der Waals surface area contributed by atoms with Crippen LogP contribution in [0.3, 0.4) is 0 Å². The fourth-order valence-electron chi connectivity index (χ4n) is 1.98. The first-order chi connectivity index (χ1) is 8.26. The molecule has 2 heterocycles. The van der Waals surface area contributed by atoms with Crippen molar-refractivity contribution in [1.82, 2.24) is 4.98 Å². The molecule has 2 N–H and O–H groups in total. The Balaban J connectivity index is 2.15. The van der Waals surface area contributed by atoms with Gasteiger partial charge in [0, 0.05) is 23.8 Å². The average molecular weight is 289 g/mol. The van der Waals surface area contributed by atoms with E-state index >= 15 is 0 Å². The minimum absolute atomic E-state index is 0.0857. The van der Waals surface area contributed by atoms with Crippen LogP contribution in [0.2, 0.25) is 0 Å². The maximum absolute atomic E-state index is 11.8. The highest BCUT2D eigenvalue weighted by Gasteiger charge is 2.34. The number of hydrogen-bond acceptors (Lipinski definition) is 5. The lowest BCUT2D eigenvalue weighted by atomic mass is 10.1. The molecule has 1 aliphatic rings. The van der Waals surface area contributed by atoms with E-state index in [9.17, 15) is 13.2 Å². The second-order valence-corrected chi connectivity index (χ2v) is 7.38. The van der Waals surface area contributed by atoms with Crippen LogP contribution in [0.1, 0.15) is 17.0 Å². The van der Waals surface area contributed by atoms with Crippen LogP contribution < -0.4 is 10.0 Å². The predicted octanol–water partition coefficient (Wildman–Crippen LogP) is 0.401. The fourth-order valence-corrected chi connectivity index (χ4v) is 3.79. The molecule has 6 nitrogen and oxygen atoms in total. The number of amides is 1. The van der Waals surface area contributed by atoms with Gasteiger partial charge in [-0.2, -0.15) is 0 Å². The molecule has 1 unspecified atom stereocenters. The molecule has 1 aliphatic heterocycles. The van der Waals surface area contributed by atoms with Crippen molar-refractivity contribution in [2.75, 3.05) is 17.2 Å². The molecule has 1 amide bonds. The molecule has 2 rings (SSSR count). The number of aromatic nitrogens is 1. The highest BCUT2D eigenvalue weighted by atomic mass is 32.2. The normalized spacial score (nSPS) is 20.7. The first-order valence-electron chi connectivity index (χ1n) is 5.51. The largest absolute Gasteiger partial charge is 0.288 e. The van der Waals surface area contributed by atoms with Crippen molar-refractivity contribution in [2.24, 2.45) is 11.1 Å². The lowest BCUT2D eigenvalue weighted by Crippen LogP contribution is -2.27. The maximum atomic E-state index is 11.8. The Kier molecular flexibility index (Phi) is 3.43. The summed E-state index contributed by atoms with van der Waals surface area (Å²) in [6.45, 7) is 4.21. The highest BCUT2D eigenvalue weighted by Crippen LogP contribution is 2.30. The number of thiazole rings is 1. The van der Waals surface area contributed by atoms with Gasteiger partial charge in [0.1, 0.15) is 0 Å². The number of primary sulfonamides is 1. The molecule has 1 aromatic rings. The Morgan fingerprint density at radius 1 is 1.50 bits per heavy atom. The number of nitrogens with zero attached hydrogens (tertiary/aromatic N) is 2. The zero-order valence-electron chi connectivity index (χ0n) is 10.2. The molecule has 1 aromatic heterocycles. The Morgan fingerprint density at radius 3 is 2.67 bits per heavy atom. The molecule has 8 heteroatoms. The molecule has 0 aromatic carbocycles. The molecular weight excluding hydrogens is 274 g/mol. The van der Waals surface area contributed by atoms with E-state index in [0.717, 1.165) is 10.6 Å². The summed E-state index contributed by atoms with van der Waals surface area (Å²) in [5, 5.41) is 5.65. The summed E-state index contributed by atoms with van der Waals surface area (Å²) >= 11 is 1.45. The van der Waals surface area contributed by atoms with Crippen molar-refractivity contribution in [3.8, 4) is 0 Å². The molecule has 1 atom stereocenters. The van der Waals surface area contributed by atoms with Crippen molar-refractivity contribution in [3.63, 3.8) is 0 Å². The van der Waals surface area contributed by atoms with Crippen molar-refractivity contribution in [3.05, 3.63) is 10.6 Å². The van der Waals surface area contributed by atoms with Crippen molar-refractivity contribution in [1.29, 1.82) is 0 Å². The molecule has 1 saturated heterocycles. The summed E-state index contributed by atoms with van der Waals surface area (Å²) < 4.78 is 22.1. The molecule has 18 heavy (non-hydrogen) atoms. The molecule has 100 valence electrons. The predicted molar refractivity (Wildman–Crippen MR) is 70.0 cm³/mol. The molecule has 0 spiro atoms. The van der Waals surface area contributed by atoms with E-state index in [1.165, 1.54) is 11.3 Å². The Morgan fingerprint density at radius 2 is 2.17 bits per heavy atom. The van der Waals surface area contributed by atoms with Crippen LogP contribution in [0.15, 0.2) is 0 Å². The third-order valence-corrected chi connectivity index (χ3v) is 4.95. The Hall–Kier alpha value is -0.990. The van der Waals surface area contributed by atoms with Crippen LogP contribution in [-0.4, -0.2) is 31.6 Å². The Labute approximate surface area is 110 Å². The van der Waals surface area contributed by atoms with Crippen molar-refractivity contribution < 1.29 is 13.2 Å². The second kappa shape index (κ2) is 4.60. The quantitative estimate of drug-likeness (QED) is 0.871. The minimum Gasteiger partial charge on any atom is -0.288 e. The summed E-state index contributed by atoms with van der Waals surface area (Å²) in [4.78, 5) is 18.8. The molecule has 0 radical (unpaired) electrons. The van der Waals surface area contributed by atoms with Crippen molar-refractivity contribution >= 4 is 32.4 Å². The van der Waals surface area contributed by atoms with Gasteiger partial charge in [0.15, 0.2) is 5.13 Å². The molecule has 0 bridgehead atoms. The summed E-state index contributed by atoms with van der Waals surface area (Å²) in [6, 6.07) is 0. The number of carbonyl (C=O) groups excluding carboxylic acids is 1. The smallest absolute Gasteiger partial charge is 0.229 e. The number of anilines is 1. The maximum Gasteiger partial charge on any atom is 0.229 e. The van der Waals surface area contributed by atoms with Crippen LogP contribution in [0.4, 0.5) is 5.13 Å².